The summed E-state index contributed by atoms with van der Waals surface area (Å²) in [6, 6.07) is 7.90. The molecule has 0 bridgehead atoms. The van der Waals surface area contributed by atoms with Crippen LogP contribution in [0.5, 0.6) is 0 Å². The molecule has 0 aromatic heterocycles. The number of rotatable bonds is 3. The van der Waals surface area contributed by atoms with Crippen molar-refractivity contribution in [2.75, 3.05) is 0 Å². The quantitative estimate of drug-likeness (QED) is 0.518. The van der Waals surface area contributed by atoms with Crippen LogP contribution in [0.4, 0.5) is 0 Å². The van der Waals surface area contributed by atoms with Crippen molar-refractivity contribution in [3.63, 3.8) is 0 Å². The first-order valence-electron chi connectivity index (χ1n) is 4.85. The molecule has 1 aromatic rings. The SMILES string of the molecule is O=C(N/N=C/c1ccccc1I)C1CC1. The summed E-state index contributed by atoms with van der Waals surface area (Å²) in [5.74, 6) is 0.245. The molecule has 3 nitrogen and oxygen atoms in total. The molecular weight excluding hydrogens is 303 g/mol. The van der Waals surface area contributed by atoms with Crippen molar-refractivity contribution in [1.29, 1.82) is 0 Å². The van der Waals surface area contributed by atoms with Crippen molar-refractivity contribution in [2.24, 2.45) is 11.0 Å². The van der Waals surface area contributed by atoms with E-state index in [0.29, 0.717) is 0 Å². The van der Waals surface area contributed by atoms with Crippen LogP contribution in [0.3, 0.4) is 0 Å². The van der Waals surface area contributed by atoms with E-state index in [2.05, 4.69) is 33.1 Å². The van der Waals surface area contributed by atoms with Gasteiger partial charge in [-0.05, 0) is 41.5 Å². The average Bonchev–Trinajstić information content (AvgIpc) is 3.04. The number of carbonyl (C=O) groups excluding carboxylic acids is 1. The molecule has 0 heterocycles. The first kappa shape index (κ1) is 10.6. The number of hydrazone groups is 1. The lowest BCUT2D eigenvalue weighted by Gasteiger charge is -1.97. The van der Waals surface area contributed by atoms with Gasteiger partial charge in [-0.2, -0.15) is 5.10 Å². The molecule has 0 radical (unpaired) electrons. The lowest BCUT2D eigenvalue weighted by molar-refractivity contribution is -0.122. The van der Waals surface area contributed by atoms with Crippen molar-refractivity contribution < 1.29 is 4.79 Å². The summed E-state index contributed by atoms with van der Waals surface area (Å²) in [4.78, 5) is 11.3. The zero-order valence-corrected chi connectivity index (χ0v) is 10.3. The summed E-state index contributed by atoms with van der Waals surface area (Å²) >= 11 is 2.24. The van der Waals surface area contributed by atoms with Crippen molar-refractivity contribution in [3.8, 4) is 0 Å². The molecule has 0 saturated heterocycles. The van der Waals surface area contributed by atoms with Gasteiger partial charge in [0.15, 0.2) is 0 Å². The van der Waals surface area contributed by atoms with E-state index < -0.39 is 0 Å². The second kappa shape index (κ2) is 4.74. The van der Waals surface area contributed by atoms with E-state index in [1.807, 2.05) is 24.3 Å². The number of amides is 1. The fourth-order valence-electron chi connectivity index (χ4n) is 1.18. The van der Waals surface area contributed by atoms with Gasteiger partial charge in [-0.15, -0.1) is 0 Å². The zero-order chi connectivity index (χ0) is 10.7. The van der Waals surface area contributed by atoms with Crippen LogP contribution in [0.15, 0.2) is 29.4 Å². The number of nitrogens with zero attached hydrogens (tertiary/aromatic N) is 1. The van der Waals surface area contributed by atoms with E-state index in [-0.39, 0.29) is 11.8 Å². The van der Waals surface area contributed by atoms with Crippen LogP contribution in [0.2, 0.25) is 0 Å². The van der Waals surface area contributed by atoms with Gasteiger partial charge in [0, 0.05) is 15.1 Å². The van der Waals surface area contributed by atoms with Crippen molar-refractivity contribution in [1.82, 2.24) is 5.43 Å². The Labute approximate surface area is 102 Å². The van der Waals surface area contributed by atoms with E-state index in [9.17, 15) is 4.79 Å². The third-order valence-electron chi connectivity index (χ3n) is 2.23. The molecule has 0 spiro atoms. The number of hydrogen-bond acceptors (Lipinski definition) is 2. The minimum absolute atomic E-state index is 0.0391. The lowest BCUT2D eigenvalue weighted by Crippen LogP contribution is -2.19. The monoisotopic (exact) mass is 314 g/mol. The van der Waals surface area contributed by atoms with Crippen molar-refractivity contribution in [3.05, 3.63) is 33.4 Å². The highest BCUT2D eigenvalue weighted by Crippen LogP contribution is 2.28. The van der Waals surface area contributed by atoms with Gasteiger partial charge >= 0.3 is 0 Å². The molecule has 1 N–H and O–H groups in total. The molecule has 1 amide bonds. The van der Waals surface area contributed by atoms with Crippen LogP contribution in [0, 0.1) is 9.49 Å². The Hall–Kier alpha value is -0.910. The van der Waals surface area contributed by atoms with Crippen molar-refractivity contribution >= 4 is 34.7 Å². The molecular formula is C11H11IN2O. The summed E-state index contributed by atoms with van der Waals surface area (Å²) in [7, 11) is 0. The first-order chi connectivity index (χ1) is 7.27. The molecule has 1 aromatic carbocycles. The van der Waals surface area contributed by atoms with Crippen LogP contribution in [0.25, 0.3) is 0 Å². The summed E-state index contributed by atoms with van der Waals surface area (Å²) in [5, 5.41) is 3.93. The minimum atomic E-state index is 0.0391. The van der Waals surface area contributed by atoms with Crippen LogP contribution in [-0.4, -0.2) is 12.1 Å². The standard InChI is InChI=1S/C11H11IN2O/c12-10-4-2-1-3-9(10)7-13-14-11(15)8-5-6-8/h1-4,7-8H,5-6H2,(H,14,15)/b13-7+. The van der Waals surface area contributed by atoms with Crippen LogP contribution in [0.1, 0.15) is 18.4 Å². The van der Waals surface area contributed by atoms with Crippen LogP contribution in [-0.2, 0) is 4.79 Å². The van der Waals surface area contributed by atoms with Gasteiger partial charge in [0.2, 0.25) is 5.91 Å². The molecule has 1 fully saturated rings. The van der Waals surface area contributed by atoms with Crippen LogP contribution < -0.4 is 5.43 Å². The summed E-state index contributed by atoms with van der Waals surface area (Å²) in [5.41, 5.74) is 3.57. The van der Waals surface area contributed by atoms with E-state index in [0.717, 1.165) is 22.0 Å². The third-order valence-corrected chi connectivity index (χ3v) is 3.21. The second-order valence-electron chi connectivity index (χ2n) is 3.53. The second-order valence-corrected chi connectivity index (χ2v) is 4.69. The third kappa shape index (κ3) is 3.02. The fraction of sp³-hybridized carbons (Fsp3) is 0.273. The maximum atomic E-state index is 11.3. The molecule has 0 aliphatic heterocycles. The first-order valence-corrected chi connectivity index (χ1v) is 5.92. The number of carbonyl (C=O) groups is 1. The normalized spacial score (nSPS) is 15.5. The highest BCUT2D eigenvalue weighted by atomic mass is 127. The Kier molecular flexibility index (Phi) is 3.35. The molecule has 78 valence electrons. The summed E-state index contributed by atoms with van der Waals surface area (Å²) < 4.78 is 1.12. The van der Waals surface area contributed by atoms with E-state index >= 15 is 0 Å². The fourth-order valence-corrected chi connectivity index (χ4v) is 1.71. The van der Waals surface area contributed by atoms with Gasteiger partial charge in [-0.25, -0.2) is 5.43 Å². The lowest BCUT2D eigenvalue weighted by atomic mass is 10.2. The molecule has 2 rings (SSSR count). The van der Waals surface area contributed by atoms with Gasteiger partial charge < -0.3 is 0 Å². The van der Waals surface area contributed by atoms with Gasteiger partial charge in [-0.1, -0.05) is 18.2 Å². The number of benzene rings is 1. The molecule has 1 saturated carbocycles. The van der Waals surface area contributed by atoms with Gasteiger partial charge in [0.05, 0.1) is 6.21 Å². The van der Waals surface area contributed by atoms with E-state index in [1.165, 1.54) is 0 Å². The molecule has 0 atom stereocenters. The smallest absolute Gasteiger partial charge is 0.243 e. The Morgan fingerprint density at radius 1 is 1.47 bits per heavy atom. The molecule has 1 aliphatic carbocycles. The number of hydrogen-bond donors (Lipinski definition) is 1. The highest BCUT2D eigenvalue weighted by molar-refractivity contribution is 14.1. The topological polar surface area (TPSA) is 41.5 Å². The van der Waals surface area contributed by atoms with Crippen LogP contribution >= 0.6 is 22.6 Å². The predicted octanol–water partition coefficient (Wildman–Crippen LogP) is 2.15. The number of halogens is 1. The van der Waals surface area contributed by atoms with E-state index in [4.69, 9.17) is 0 Å². The largest absolute Gasteiger partial charge is 0.273 e. The highest BCUT2D eigenvalue weighted by Gasteiger charge is 2.29. The van der Waals surface area contributed by atoms with Crippen molar-refractivity contribution in [2.45, 2.75) is 12.8 Å². The van der Waals surface area contributed by atoms with Gasteiger partial charge in [0.1, 0.15) is 0 Å². The minimum Gasteiger partial charge on any atom is -0.273 e. The Morgan fingerprint density at radius 3 is 2.87 bits per heavy atom. The summed E-state index contributed by atoms with van der Waals surface area (Å²) in [6.45, 7) is 0. The molecule has 1 aliphatic rings. The number of nitrogens with one attached hydrogen (secondary N) is 1. The molecule has 15 heavy (non-hydrogen) atoms. The average molecular weight is 314 g/mol. The maximum absolute atomic E-state index is 11.3. The van der Waals surface area contributed by atoms with Gasteiger partial charge in [0.25, 0.3) is 0 Å². The maximum Gasteiger partial charge on any atom is 0.243 e. The molecule has 0 unspecified atom stereocenters. The Morgan fingerprint density at radius 2 is 2.20 bits per heavy atom. The Balaban J connectivity index is 1.93. The van der Waals surface area contributed by atoms with E-state index in [1.54, 1.807) is 6.21 Å². The summed E-state index contributed by atoms with van der Waals surface area (Å²) in [6.07, 6.45) is 3.69. The Bertz CT molecular complexity index is 399. The predicted molar refractivity (Wildman–Crippen MR) is 67.6 cm³/mol. The van der Waals surface area contributed by atoms with Gasteiger partial charge in [-0.3, -0.25) is 4.79 Å². The molecule has 4 heteroatoms. The zero-order valence-electron chi connectivity index (χ0n) is 8.11.